The smallest absolute Gasteiger partial charge is 0.253 e. The Balaban J connectivity index is 1.65. The van der Waals surface area contributed by atoms with Gasteiger partial charge in [-0.05, 0) is 42.7 Å². The van der Waals surface area contributed by atoms with E-state index in [0.717, 1.165) is 53.7 Å². The fraction of sp³-hybridized carbons (Fsp3) is 0.300. The fourth-order valence-corrected chi connectivity index (χ4v) is 3.38. The predicted molar refractivity (Wildman–Crippen MR) is 97.0 cm³/mol. The quantitative estimate of drug-likeness (QED) is 0.735. The van der Waals surface area contributed by atoms with Gasteiger partial charge >= 0.3 is 0 Å². The van der Waals surface area contributed by atoms with E-state index in [1.807, 2.05) is 52.2 Å². The first-order valence-electron chi connectivity index (χ1n) is 8.62. The number of carbonyl (C=O) groups excluding carboxylic acids is 1. The molecule has 2 aromatic carbocycles. The number of carbonyl (C=O) groups is 1. The molecule has 2 heterocycles. The minimum absolute atomic E-state index is 0.119. The lowest BCUT2D eigenvalue weighted by atomic mass is 10.1. The molecule has 0 N–H and O–H groups in total. The second-order valence-corrected chi connectivity index (χ2v) is 6.43. The van der Waals surface area contributed by atoms with Crippen molar-refractivity contribution in [2.45, 2.75) is 19.4 Å². The van der Waals surface area contributed by atoms with Crippen LogP contribution in [0.4, 0.5) is 0 Å². The molecule has 5 heteroatoms. The Morgan fingerprint density at radius 1 is 1.16 bits per heavy atom. The van der Waals surface area contributed by atoms with Crippen molar-refractivity contribution in [3.63, 3.8) is 0 Å². The molecule has 1 fully saturated rings. The average molecular weight is 335 g/mol. The Kier molecular flexibility index (Phi) is 4.14. The van der Waals surface area contributed by atoms with Gasteiger partial charge in [0.2, 0.25) is 0 Å². The lowest BCUT2D eigenvalue weighted by molar-refractivity contribution is 0.0793. The zero-order chi connectivity index (χ0) is 17.2. The molecule has 1 aliphatic rings. The molecule has 1 aromatic heterocycles. The van der Waals surface area contributed by atoms with Gasteiger partial charge in [0.05, 0.1) is 25.4 Å². The van der Waals surface area contributed by atoms with Crippen molar-refractivity contribution >= 4 is 16.8 Å². The minimum Gasteiger partial charge on any atom is -0.497 e. The topological polar surface area (TPSA) is 47.4 Å². The Hall–Kier alpha value is -2.82. The molecular weight excluding hydrogens is 314 g/mol. The van der Waals surface area contributed by atoms with E-state index in [1.54, 1.807) is 7.11 Å². The number of aromatic nitrogens is 2. The van der Waals surface area contributed by atoms with E-state index >= 15 is 0 Å². The van der Waals surface area contributed by atoms with Crippen LogP contribution in [0.5, 0.6) is 5.75 Å². The summed E-state index contributed by atoms with van der Waals surface area (Å²) in [6.45, 7) is 2.36. The highest BCUT2D eigenvalue weighted by Crippen LogP contribution is 2.21. The van der Waals surface area contributed by atoms with Gasteiger partial charge in [0.1, 0.15) is 5.75 Å². The largest absolute Gasteiger partial charge is 0.497 e. The first kappa shape index (κ1) is 15.7. The van der Waals surface area contributed by atoms with Crippen LogP contribution in [-0.2, 0) is 6.54 Å². The summed E-state index contributed by atoms with van der Waals surface area (Å²) in [5.74, 6) is 0.951. The first-order chi connectivity index (χ1) is 12.2. The lowest BCUT2D eigenvalue weighted by Crippen LogP contribution is -2.27. The second kappa shape index (κ2) is 6.59. The summed E-state index contributed by atoms with van der Waals surface area (Å²) >= 11 is 0. The van der Waals surface area contributed by atoms with Crippen LogP contribution in [0, 0.1) is 0 Å². The number of methoxy groups -OCH3 is 1. The SMILES string of the molecule is COc1cccc(Cn2ncc3ccc(C(=O)N4CCCC4)cc32)c1. The van der Waals surface area contributed by atoms with E-state index in [0.29, 0.717) is 6.54 Å². The molecule has 0 saturated carbocycles. The third-order valence-electron chi connectivity index (χ3n) is 4.75. The lowest BCUT2D eigenvalue weighted by Gasteiger charge is -2.15. The van der Waals surface area contributed by atoms with Gasteiger partial charge in [-0.1, -0.05) is 18.2 Å². The molecule has 3 aromatic rings. The van der Waals surface area contributed by atoms with Gasteiger partial charge in [0.25, 0.3) is 5.91 Å². The number of ether oxygens (including phenoxy) is 1. The van der Waals surface area contributed by atoms with Gasteiger partial charge in [-0.3, -0.25) is 9.48 Å². The highest BCUT2D eigenvalue weighted by Gasteiger charge is 2.20. The van der Waals surface area contributed by atoms with Crippen molar-refractivity contribution in [1.82, 2.24) is 14.7 Å². The second-order valence-electron chi connectivity index (χ2n) is 6.43. The summed E-state index contributed by atoms with van der Waals surface area (Å²) in [7, 11) is 1.67. The Labute approximate surface area is 146 Å². The molecule has 1 saturated heterocycles. The molecule has 0 aliphatic carbocycles. The van der Waals surface area contributed by atoms with E-state index in [4.69, 9.17) is 4.74 Å². The van der Waals surface area contributed by atoms with Crippen molar-refractivity contribution in [3.05, 3.63) is 59.8 Å². The standard InChI is InChI=1S/C20H21N3O2/c1-25-18-6-4-5-15(11-18)14-23-19-12-16(7-8-17(19)13-21-23)20(24)22-9-2-3-10-22/h4-8,11-13H,2-3,9-10,14H2,1H3. The zero-order valence-corrected chi connectivity index (χ0v) is 14.3. The van der Waals surface area contributed by atoms with Gasteiger partial charge in [0.15, 0.2) is 0 Å². The number of rotatable bonds is 4. The summed E-state index contributed by atoms with van der Waals surface area (Å²) in [5, 5.41) is 5.54. The highest BCUT2D eigenvalue weighted by atomic mass is 16.5. The Morgan fingerprint density at radius 3 is 2.80 bits per heavy atom. The number of nitrogens with zero attached hydrogens (tertiary/aromatic N) is 3. The molecule has 0 atom stereocenters. The average Bonchev–Trinajstić information content (AvgIpc) is 3.31. The van der Waals surface area contributed by atoms with Crippen LogP contribution in [0.1, 0.15) is 28.8 Å². The monoisotopic (exact) mass is 335 g/mol. The molecule has 0 radical (unpaired) electrons. The third-order valence-corrected chi connectivity index (χ3v) is 4.75. The number of likely N-dealkylation sites (tertiary alicyclic amines) is 1. The molecule has 5 nitrogen and oxygen atoms in total. The third kappa shape index (κ3) is 3.09. The summed E-state index contributed by atoms with van der Waals surface area (Å²) < 4.78 is 7.22. The summed E-state index contributed by atoms with van der Waals surface area (Å²) in [6.07, 6.45) is 4.04. The Morgan fingerprint density at radius 2 is 2.00 bits per heavy atom. The van der Waals surface area contributed by atoms with E-state index < -0.39 is 0 Å². The molecule has 0 bridgehead atoms. The van der Waals surface area contributed by atoms with Crippen LogP contribution < -0.4 is 4.74 Å². The first-order valence-corrected chi connectivity index (χ1v) is 8.62. The summed E-state index contributed by atoms with van der Waals surface area (Å²) in [4.78, 5) is 14.6. The number of hydrogen-bond acceptors (Lipinski definition) is 3. The van der Waals surface area contributed by atoms with Crippen molar-refractivity contribution in [1.29, 1.82) is 0 Å². The van der Waals surface area contributed by atoms with Gasteiger partial charge < -0.3 is 9.64 Å². The molecule has 0 unspecified atom stereocenters. The zero-order valence-electron chi connectivity index (χ0n) is 14.3. The van der Waals surface area contributed by atoms with Crippen LogP contribution in [0.25, 0.3) is 10.9 Å². The van der Waals surface area contributed by atoms with Crippen molar-refractivity contribution in [2.75, 3.05) is 20.2 Å². The van der Waals surface area contributed by atoms with E-state index in [9.17, 15) is 4.79 Å². The van der Waals surface area contributed by atoms with Crippen LogP contribution in [0.2, 0.25) is 0 Å². The molecule has 1 aliphatic heterocycles. The van der Waals surface area contributed by atoms with Gasteiger partial charge in [-0.15, -0.1) is 0 Å². The van der Waals surface area contributed by atoms with Gasteiger partial charge in [0, 0.05) is 24.0 Å². The molecular formula is C20H21N3O2. The summed E-state index contributed by atoms with van der Waals surface area (Å²) in [6, 6.07) is 13.8. The number of amides is 1. The van der Waals surface area contributed by atoms with Crippen LogP contribution in [-0.4, -0.2) is 40.8 Å². The maximum Gasteiger partial charge on any atom is 0.253 e. The Bertz CT molecular complexity index is 910. The van der Waals surface area contributed by atoms with E-state index in [2.05, 4.69) is 11.2 Å². The predicted octanol–water partition coefficient (Wildman–Crippen LogP) is 3.33. The van der Waals surface area contributed by atoms with E-state index in [-0.39, 0.29) is 5.91 Å². The van der Waals surface area contributed by atoms with Gasteiger partial charge in [-0.25, -0.2) is 0 Å². The van der Waals surface area contributed by atoms with Crippen molar-refractivity contribution < 1.29 is 9.53 Å². The molecule has 25 heavy (non-hydrogen) atoms. The molecule has 1 amide bonds. The maximum atomic E-state index is 12.6. The molecule has 0 spiro atoms. The summed E-state index contributed by atoms with van der Waals surface area (Å²) in [5.41, 5.74) is 2.83. The van der Waals surface area contributed by atoms with Crippen LogP contribution >= 0.6 is 0 Å². The van der Waals surface area contributed by atoms with Crippen LogP contribution in [0.15, 0.2) is 48.7 Å². The van der Waals surface area contributed by atoms with Crippen molar-refractivity contribution in [3.8, 4) is 5.75 Å². The molecule has 4 rings (SSSR count). The molecule has 128 valence electrons. The number of benzene rings is 2. The van der Waals surface area contributed by atoms with Gasteiger partial charge in [-0.2, -0.15) is 5.10 Å². The van der Waals surface area contributed by atoms with E-state index in [1.165, 1.54) is 0 Å². The normalized spacial score (nSPS) is 14.2. The van der Waals surface area contributed by atoms with Crippen molar-refractivity contribution in [2.24, 2.45) is 0 Å². The fourth-order valence-electron chi connectivity index (χ4n) is 3.38. The minimum atomic E-state index is 0.119. The number of fused-ring (bicyclic) bond motifs is 1. The maximum absolute atomic E-state index is 12.6. The highest BCUT2D eigenvalue weighted by molar-refractivity contribution is 5.98. The van der Waals surface area contributed by atoms with Crippen LogP contribution in [0.3, 0.4) is 0 Å². The number of hydrogen-bond donors (Lipinski definition) is 0.